The Balaban J connectivity index is 2.14. The van der Waals surface area contributed by atoms with E-state index in [-0.39, 0.29) is 0 Å². The van der Waals surface area contributed by atoms with Crippen LogP contribution in [0.2, 0.25) is 0 Å². The summed E-state index contributed by atoms with van der Waals surface area (Å²) >= 11 is 1.36. The highest BCUT2D eigenvalue weighted by Gasteiger charge is 2.07. The van der Waals surface area contributed by atoms with Crippen molar-refractivity contribution in [3.63, 3.8) is 0 Å². The van der Waals surface area contributed by atoms with E-state index in [1.165, 1.54) is 11.3 Å². The van der Waals surface area contributed by atoms with Crippen molar-refractivity contribution in [2.24, 2.45) is 0 Å². The average molecular weight is 220 g/mol. The van der Waals surface area contributed by atoms with Crippen molar-refractivity contribution in [3.05, 3.63) is 52.3 Å². The third-order valence-electron chi connectivity index (χ3n) is 2.24. The molecule has 1 atom stereocenters. The number of rotatable bonds is 3. The van der Waals surface area contributed by atoms with Gasteiger partial charge in [-0.15, -0.1) is 11.3 Å². The molecule has 15 heavy (non-hydrogen) atoms. The van der Waals surface area contributed by atoms with Gasteiger partial charge in [0, 0.05) is 11.6 Å². The molecule has 0 aliphatic rings. The van der Waals surface area contributed by atoms with Gasteiger partial charge in [-0.1, -0.05) is 30.3 Å². The molecule has 0 bridgehead atoms. The van der Waals surface area contributed by atoms with Crippen molar-refractivity contribution in [2.75, 3.05) is 0 Å². The van der Waals surface area contributed by atoms with Crippen molar-refractivity contribution in [1.29, 1.82) is 5.41 Å². The zero-order chi connectivity index (χ0) is 10.7. The molecular weight excluding hydrogens is 208 g/mol. The highest BCUT2D eigenvalue weighted by Crippen LogP contribution is 2.13. The highest BCUT2D eigenvalue weighted by atomic mass is 32.1. The van der Waals surface area contributed by atoms with Crippen LogP contribution in [0.5, 0.6) is 0 Å². The molecule has 2 aromatic rings. The van der Waals surface area contributed by atoms with Gasteiger partial charge in [0.25, 0.3) is 0 Å². The molecular formula is C11H12N2OS. The number of hydrogen-bond acceptors (Lipinski definition) is 3. The van der Waals surface area contributed by atoms with Gasteiger partial charge in [-0.05, 0) is 5.56 Å². The fourth-order valence-corrected chi connectivity index (χ4v) is 2.02. The molecule has 0 aliphatic carbocycles. The van der Waals surface area contributed by atoms with Crippen LogP contribution in [0.4, 0.5) is 0 Å². The third kappa shape index (κ3) is 2.34. The number of aliphatic hydroxyl groups excluding tert-OH is 1. The summed E-state index contributed by atoms with van der Waals surface area (Å²) < 4.78 is 1.74. The molecule has 0 spiro atoms. The third-order valence-corrected chi connectivity index (χ3v) is 2.95. The van der Waals surface area contributed by atoms with Crippen LogP contribution in [0.15, 0.2) is 41.9 Å². The fraction of sp³-hybridized carbons (Fsp3) is 0.182. The molecule has 0 unspecified atom stereocenters. The van der Waals surface area contributed by atoms with Crippen LogP contribution in [0.25, 0.3) is 0 Å². The van der Waals surface area contributed by atoms with E-state index < -0.39 is 6.10 Å². The Kier molecular flexibility index (Phi) is 2.99. The number of aliphatic hydroxyl groups is 1. The first-order chi connectivity index (χ1) is 7.27. The lowest BCUT2D eigenvalue weighted by Gasteiger charge is -2.11. The van der Waals surface area contributed by atoms with Gasteiger partial charge < -0.3 is 9.67 Å². The molecule has 0 saturated carbocycles. The number of thiazole rings is 1. The monoisotopic (exact) mass is 220 g/mol. The Hall–Kier alpha value is -1.39. The summed E-state index contributed by atoms with van der Waals surface area (Å²) in [6.07, 6.45) is 1.27. The molecule has 1 aromatic heterocycles. The number of hydrogen-bond donors (Lipinski definition) is 2. The maximum Gasteiger partial charge on any atom is 0.181 e. The van der Waals surface area contributed by atoms with Gasteiger partial charge in [-0.2, -0.15) is 0 Å². The molecule has 78 valence electrons. The Morgan fingerprint density at radius 1 is 1.33 bits per heavy atom. The van der Waals surface area contributed by atoms with E-state index in [2.05, 4.69) is 0 Å². The maximum absolute atomic E-state index is 9.92. The SMILES string of the molecule is N=c1sccn1C[C@@H](O)c1ccccc1. The largest absolute Gasteiger partial charge is 0.387 e. The van der Waals surface area contributed by atoms with Crippen molar-refractivity contribution in [3.8, 4) is 0 Å². The molecule has 0 radical (unpaired) electrons. The van der Waals surface area contributed by atoms with E-state index in [4.69, 9.17) is 5.41 Å². The standard InChI is InChI=1S/C11H12N2OS/c12-11-13(6-7-15-11)8-10(14)9-4-2-1-3-5-9/h1-7,10,12,14H,8H2/t10-/m1/s1. The number of benzene rings is 1. The van der Waals surface area contributed by atoms with Gasteiger partial charge in [0.05, 0.1) is 12.6 Å². The second kappa shape index (κ2) is 4.42. The molecule has 0 saturated heterocycles. The second-order valence-corrected chi connectivity index (χ2v) is 4.18. The van der Waals surface area contributed by atoms with Gasteiger partial charge in [0.1, 0.15) is 0 Å². The first-order valence-electron chi connectivity index (χ1n) is 4.69. The van der Waals surface area contributed by atoms with Crippen LogP contribution in [0, 0.1) is 5.41 Å². The summed E-state index contributed by atoms with van der Waals surface area (Å²) in [7, 11) is 0. The quantitative estimate of drug-likeness (QED) is 0.813. The van der Waals surface area contributed by atoms with Crippen LogP contribution in [-0.2, 0) is 6.54 Å². The molecule has 2 N–H and O–H groups in total. The lowest BCUT2D eigenvalue weighted by atomic mass is 10.1. The second-order valence-electron chi connectivity index (χ2n) is 3.29. The van der Waals surface area contributed by atoms with E-state index in [0.717, 1.165) is 5.56 Å². The smallest absolute Gasteiger partial charge is 0.181 e. The average Bonchev–Trinajstić information content (AvgIpc) is 2.66. The maximum atomic E-state index is 9.92. The summed E-state index contributed by atoms with van der Waals surface area (Å²) in [5, 5.41) is 19.3. The van der Waals surface area contributed by atoms with Crippen molar-refractivity contribution in [2.45, 2.75) is 12.6 Å². The van der Waals surface area contributed by atoms with Gasteiger partial charge in [0.2, 0.25) is 0 Å². The molecule has 1 heterocycles. The first-order valence-corrected chi connectivity index (χ1v) is 5.57. The van der Waals surface area contributed by atoms with Crippen LogP contribution in [-0.4, -0.2) is 9.67 Å². The minimum Gasteiger partial charge on any atom is -0.387 e. The first kappa shape index (κ1) is 10.1. The molecule has 1 aromatic carbocycles. The van der Waals surface area contributed by atoms with E-state index in [9.17, 15) is 5.11 Å². The number of nitrogens with zero attached hydrogens (tertiary/aromatic N) is 1. The summed E-state index contributed by atoms with van der Waals surface area (Å²) in [4.78, 5) is 0.463. The van der Waals surface area contributed by atoms with Gasteiger partial charge >= 0.3 is 0 Å². The zero-order valence-electron chi connectivity index (χ0n) is 8.13. The van der Waals surface area contributed by atoms with Crippen molar-refractivity contribution in [1.82, 2.24) is 4.57 Å². The van der Waals surface area contributed by atoms with E-state index in [1.54, 1.807) is 4.57 Å². The fourth-order valence-electron chi connectivity index (χ4n) is 1.41. The molecule has 3 nitrogen and oxygen atoms in total. The summed E-state index contributed by atoms with van der Waals surface area (Å²) in [5.74, 6) is 0. The summed E-state index contributed by atoms with van der Waals surface area (Å²) in [5.41, 5.74) is 0.885. The van der Waals surface area contributed by atoms with Crippen molar-refractivity contribution < 1.29 is 5.11 Å². The normalized spacial score (nSPS) is 12.6. The Morgan fingerprint density at radius 2 is 2.07 bits per heavy atom. The Bertz CT molecular complexity index is 475. The van der Waals surface area contributed by atoms with Crippen LogP contribution < -0.4 is 4.80 Å². The minimum absolute atomic E-state index is 0.437. The molecule has 0 aliphatic heterocycles. The Morgan fingerprint density at radius 3 is 2.67 bits per heavy atom. The summed E-state index contributed by atoms with van der Waals surface area (Å²) in [6, 6.07) is 9.50. The molecule has 4 heteroatoms. The lowest BCUT2D eigenvalue weighted by Crippen LogP contribution is -2.17. The predicted octanol–water partition coefficient (Wildman–Crippen LogP) is 1.76. The highest BCUT2D eigenvalue weighted by molar-refractivity contribution is 7.06. The van der Waals surface area contributed by atoms with E-state index in [0.29, 0.717) is 11.3 Å². The van der Waals surface area contributed by atoms with Gasteiger partial charge in [0.15, 0.2) is 4.80 Å². The molecule has 2 rings (SSSR count). The van der Waals surface area contributed by atoms with E-state index >= 15 is 0 Å². The van der Waals surface area contributed by atoms with E-state index in [1.807, 2.05) is 41.9 Å². The van der Waals surface area contributed by atoms with Gasteiger partial charge in [-0.3, -0.25) is 5.41 Å². The molecule has 0 fully saturated rings. The Labute approximate surface area is 91.8 Å². The van der Waals surface area contributed by atoms with Crippen molar-refractivity contribution >= 4 is 11.3 Å². The molecule has 0 amide bonds. The van der Waals surface area contributed by atoms with Crippen LogP contribution >= 0.6 is 11.3 Å². The van der Waals surface area contributed by atoms with Crippen LogP contribution in [0.3, 0.4) is 0 Å². The van der Waals surface area contributed by atoms with Gasteiger partial charge in [-0.25, -0.2) is 0 Å². The summed E-state index contributed by atoms with van der Waals surface area (Å²) in [6.45, 7) is 0.437. The zero-order valence-corrected chi connectivity index (χ0v) is 8.95. The minimum atomic E-state index is -0.546. The number of nitrogens with one attached hydrogen (secondary N) is 1. The topological polar surface area (TPSA) is 49.0 Å². The number of aromatic nitrogens is 1. The lowest BCUT2D eigenvalue weighted by molar-refractivity contribution is 0.155. The predicted molar refractivity (Wildman–Crippen MR) is 59.6 cm³/mol. The van der Waals surface area contributed by atoms with Crippen LogP contribution in [0.1, 0.15) is 11.7 Å².